The van der Waals surface area contributed by atoms with Crippen molar-refractivity contribution >= 4 is 0 Å². The number of hydrogen-bond donors (Lipinski definition) is 1. The number of unbranched alkanes of at least 4 members (excludes halogenated alkanes) is 1. The molecule has 0 unspecified atom stereocenters. The minimum absolute atomic E-state index is 0.497. The molecule has 9 heteroatoms. The topological polar surface area (TPSA) is 104 Å². The van der Waals surface area contributed by atoms with Gasteiger partial charge in [-0.25, -0.2) is 14.8 Å². The summed E-state index contributed by atoms with van der Waals surface area (Å²) in [7, 11) is 3.27. The molecule has 0 amide bonds. The molecule has 0 saturated carbocycles. The highest BCUT2D eigenvalue weighted by molar-refractivity contribution is 5.80. The molecule has 2 aromatic heterocycles. The Bertz CT molecular complexity index is 1310. The molecule has 0 aliphatic heterocycles. The fourth-order valence-corrected chi connectivity index (χ4v) is 4.13. The Labute approximate surface area is 211 Å². The molecule has 0 bridgehead atoms. The van der Waals surface area contributed by atoms with Crippen molar-refractivity contribution in [3.63, 3.8) is 0 Å². The van der Waals surface area contributed by atoms with Gasteiger partial charge in [0.05, 0.1) is 13.0 Å². The summed E-state index contributed by atoms with van der Waals surface area (Å²) in [5.74, 6) is 7.03. The Morgan fingerprint density at radius 2 is 1.78 bits per heavy atom. The lowest BCUT2D eigenvalue weighted by Gasteiger charge is -2.27. The number of hydrogen-bond acceptors (Lipinski definition) is 7. The van der Waals surface area contributed by atoms with E-state index >= 15 is 0 Å². The lowest BCUT2D eigenvalue weighted by molar-refractivity contribution is -0.226. The summed E-state index contributed by atoms with van der Waals surface area (Å²) in [4.78, 5) is 4.79. The van der Waals surface area contributed by atoms with Crippen LogP contribution in [0.4, 0.5) is 0 Å². The van der Waals surface area contributed by atoms with Gasteiger partial charge in [0.2, 0.25) is 11.6 Å². The number of aromatic amines is 1. The van der Waals surface area contributed by atoms with E-state index in [1.54, 1.807) is 14.2 Å². The van der Waals surface area contributed by atoms with Crippen molar-refractivity contribution in [3.8, 4) is 34.4 Å². The summed E-state index contributed by atoms with van der Waals surface area (Å²) in [5, 5.41) is 19.1. The van der Waals surface area contributed by atoms with Crippen LogP contribution in [-0.2, 0) is 28.2 Å². The quantitative estimate of drug-likeness (QED) is 0.248. The summed E-state index contributed by atoms with van der Waals surface area (Å²) in [6.07, 6.45) is 3.13. The molecule has 4 rings (SSSR count). The molecular weight excluding hydrogens is 454 g/mol. The number of H-pyrrole nitrogens is 1. The molecule has 0 saturated heterocycles. The van der Waals surface area contributed by atoms with Crippen molar-refractivity contribution in [2.45, 2.75) is 51.9 Å². The molecule has 9 nitrogen and oxygen atoms in total. The van der Waals surface area contributed by atoms with Crippen LogP contribution in [0.3, 0.4) is 0 Å². The maximum Gasteiger partial charge on any atom is 0.231 e. The molecule has 186 valence electrons. The number of nitrogens with zero attached hydrogens (tertiary/aromatic N) is 6. The predicted molar refractivity (Wildman–Crippen MR) is 137 cm³/mol. The minimum atomic E-state index is -0.973. The van der Waals surface area contributed by atoms with Crippen LogP contribution in [-0.4, -0.2) is 49.6 Å². The largest absolute Gasteiger partial charge is 0.347 e. The van der Waals surface area contributed by atoms with E-state index in [0.717, 1.165) is 40.9 Å². The van der Waals surface area contributed by atoms with Gasteiger partial charge < -0.3 is 9.47 Å². The molecule has 2 aromatic carbocycles. The molecule has 0 aliphatic rings. The third kappa shape index (κ3) is 5.35. The van der Waals surface area contributed by atoms with Gasteiger partial charge in [-0.2, -0.15) is 0 Å². The van der Waals surface area contributed by atoms with Gasteiger partial charge in [0.15, 0.2) is 5.82 Å². The Balaban J connectivity index is 1.63. The van der Waals surface area contributed by atoms with E-state index < -0.39 is 5.79 Å². The van der Waals surface area contributed by atoms with Gasteiger partial charge in [0.25, 0.3) is 0 Å². The zero-order valence-corrected chi connectivity index (χ0v) is 21.2. The van der Waals surface area contributed by atoms with Crippen LogP contribution in [0.15, 0.2) is 48.5 Å². The number of tetrazole rings is 1. The van der Waals surface area contributed by atoms with Crippen LogP contribution >= 0.6 is 0 Å². The van der Waals surface area contributed by atoms with Gasteiger partial charge >= 0.3 is 0 Å². The van der Waals surface area contributed by atoms with Gasteiger partial charge in [0, 0.05) is 26.2 Å². The van der Waals surface area contributed by atoms with Gasteiger partial charge in [-0.05, 0) is 40.5 Å². The highest BCUT2D eigenvalue weighted by atomic mass is 16.7. The second kappa shape index (κ2) is 11.7. The first-order chi connectivity index (χ1) is 17.6. The van der Waals surface area contributed by atoms with Crippen LogP contribution in [0.2, 0.25) is 0 Å². The molecular formula is C27H31N7O2. The average Bonchev–Trinajstić information content (AvgIpc) is 3.60. The van der Waals surface area contributed by atoms with E-state index in [4.69, 9.17) is 19.6 Å². The molecule has 2 heterocycles. The third-order valence-corrected chi connectivity index (χ3v) is 6.16. The van der Waals surface area contributed by atoms with E-state index in [0.29, 0.717) is 31.0 Å². The van der Waals surface area contributed by atoms with Gasteiger partial charge in [-0.3, -0.25) is 0 Å². The Hall–Kier alpha value is -3.87. The molecule has 1 N–H and O–H groups in total. The summed E-state index contributed by atoms with van der Waals surface area (Å²) < 4.78 is 13.5. The highest BCUT2D eigenvalue weighted by Gasteiger charge is 2.37. The number of nitrogens with one attached hydrogen (secondary N) is 1. The SMILES string of the molecule is CC#CCc1nc(C(CCCC)(OC)OC)nn1Cc1ccc(-c2ccccc2-c2nnn[nH]2)cc1. The standard InChI is InChI=1S/C27H31N7O2/c1-5-7-13-24-28-26(27(35-3,36-4)18-8-6-2)31-34(24)19-20-14-16-21(17-15-20)22-11-9-10-12-23(22)25-29-32-33-30-25/h9-12,14-17H,6,8,13,18-19H2,1-4H3,(H,29,30,32,33). The lowest BCUT2D eigenvalue weighted by atomic mass is 9.98. The Kier molecular flexibility index (Phi) is 8.21. The fourth-order valence-electron chi connectivity index (χ4n) is 4.13. The Morgan fingerprint density at radius 3 is 2.42 bits per heavy atom. The van der Waals surface area contributed by atoms with Crippen LogP contribution in [0.5, 0.6) is 0 Å². The Morgan fingerprint density at radius 1 is 1.03 bits per heavy atom. The monoisotopic (exact) mass is 485 g/mol. The summed E-state index contributed by atoms with van der Waals surface area (Å²) >= 11 is 0. The first-order valence-corrected chi connectivity index (χ1v) is 12.0. The zero-order chi connectivity index (χ0) is 25.4. The first-order valence-electron chi connectivity index (χ1n) is 12.0. The van der Waals surface area contributed by atoms with Crippen molar-refractivity contribution in [3.05, 3.63) is 65.7 Å². The van der Waals surface area contributed by atoms with Crippen LogP contribution in [0, 0.1) is 11.8 Å². The van der Waals surface area contributed by atoms with Crippen LogP contribution < -0.4 is 0 Å². The van der Waals surface area contributed by atoms with Crippen molar-refractivity contribution in [1.29, 1.82) is 0 Å². The fraction of sp³-hybridized carbons (Fsp3) is 0.370. The van der Waals surface area contributed by atoms with E-state index in [1.165, 1.54) is 0 Å². The van der Waals surface area contributed by atoms with E-state index in [1.807, 2.05) is 29.8 Å². The number of aromatic nitrogens is 7. The van der Waals surface area contributed by atoms with Crippen LogP contribution in [0.1, 0.15) is 50.3 Å². The van der Waals surface area contributed by atoms with Crippen molar-refractivity contribution in [2.75, 3.05) is 14.2 Å². The van der Waals surface area contributed by atoms with E-state index in [2.05, 4.69) is 69.7 Å². The molecule has 0 atom stereocenters. The second-order valence-corrected chi connectivity index (χ2v) is 8.37. The number of benzene rings is 2. The van der Waals surface area contributed by atoms with Crippen molar-refractivity contribution in [1.82, 2.24) is 35.4 Å². The normalized spacial score (nSPS) is 11.3. The predicted octanol–water partition coefficient (Wildman–Crippen LogP) is 4.38. The summed E-state index contributed by atoms with van der Waals surface area (Å²) in [6.45, 7) is 4.51. The third-order valence-electron chi connectivity index (χ3n) is 6.16. The van der Waals surface area contributed by atoms with Gasteiger partial charge in [-0.1, -0.05) is 67.8 Å². The zero-order valence-electron chi connectivity index (χ0n) is 21.2. The highest BCUT2D eigenvalue weighted by Crippen LogP contribution is 2.31. The van der Waals surface area contributed by atoms with Gasteiger partial charge in [0.1, 0.15) is 5.82 Å². The van der Waals surface area contributed by atoms with Gasteiger partial charge in [-0.15, -0.1) is 16.1 Å². The molecule has 36 heavy (non-hydrogen) atoms. The molecule has 0 radical (unpaired) electrons. The number of rotatable bonds is 11. The maximum absolute atomic E-state index is 5.79. The molecule has 0 spiro atoms. The molecule has 4 aromatic rings. The average molecular weight is 486 g/mol. The molecule has 0 aliphatic carbocycles. The first kappa shape index (κ1) is 25.2. The minimum Gasteiger partial charge on any atom is -0.347 e. The summed E-state index contributed by atoms with van der Waals surface area (Å²) in [6, 6.07) is 16.4. The smallest absolute Gasteiger partial charge is 0.231 e. The van der Waals surface area contributed by atoms with Crippen molar-refractivity contribution in [2.24, 2.45) is 0 Å². The van der Waals surface area contributed by atoms with Crippen molar-refractivity contribution < 1.29 is 9.47 Å². The number of ether oxygens (including phenoxy) is 2. The maximum atomic E-state index is 5.79. The molecule has 0 fully saturated rings. The van der Waals surface area contributed by atoms with E-state index in [-0.39, 0.29) is 0 Å². The number of methoxy groups -OCH3 is 2. The second-order valence-electron chi connectivity index (χ2n) is 8.37. The lowest BCUT2D eigenvalue weighted by Crippen LogP contribution is -2.32. The summed E-state index contributed by atoms with van der Waals surface area (Å²) in [5.41, 5.74) is 4.15. The van der Waals surface area contributed by atoms with Crippen LogP contribution in [0.25, 0.3) is 22.5 Å². The van der Waals surface area contributed by atoms with E-state index in [9.17, 15) is 0 Å².